The van der Waals surface area contributed by atoms with E-state index in [-0.39, 0.29) is 11.7 Å². The van der Waals surface area contributed by atoms with Gasteiger partial charge in [-0.25, -0.2) is 4.39 Å². The van der Waals surface area contributed by atoms with Crippen LogP contribution in [0.15, 0.2) is 40.9 Å². The maximum atomic E-state index is 13.0. The molecule has 5 heteroatoms. The van der Waals surface area contributed by atoms with Crippen LogP contribution in [0.25, 0.3) is 0 Å². The first kappa shape index (κ1) is 13.5. The lowest BCUT2D eigenvalue weighted by molar-refractivity contribution is 0.102. The number of nitrogens with one attached hydrogen (secondary N) is 1. The molecule has 0 heterocycles. The number of anilines is 2. The van der Waals surface area contributed by atoms with E-state index in [1.165, 1.54) is 18.2 Å². The summed E-state index contributed by atoms with van der Waals surface area (Å²) >= 11 is 3.20. The van der Waals surface area contributed by atoms with E-state index in [1.807, 2.05) is 13.0 Å². The van der Waals surface area contributed by atoms with E-state index in [1.54, 1.807) is 12.1 Å². The van der Waals surface area contributed by atoms with E-state index in [4.69, 9.17) is 5.73 Å². The van der Waals surface area contributed by atoms with Crippen molar-refractivity contribution in [2.24, 2.45) is 0 Å². The molecule has 1 amide bonds. The fourth-order valence-electron chi connectivity index (χ4n) is 1.78. The number of carbonyl (C=O) groups is 1. The van der Waals surface area contributed by atoms with Gasteiger partial charge in [0.15, 0.2) is 0 Å². The average Bonchev–Trinajstić information content (AvgIpc) is 2.32. The first-order valence-corrected chi connectivity index (χ1v) is 6.40. The van der Waals surface area contributed by atoms with Crippen LogP contribution in [0.1, 0.15) is 15.9 Å². The minimum atomic E-state index is -0.375. The van der Waals surface area contributed by atoms with Gasteiger partial charge in [0.25, 0.3) is 5.91 Å². The molecule has 0 saturated carbocycles. The van der Waals surface area contributed by atoms with Crippen LogP contribution in [0.2, 0.25) is 0 Å². The van der Waals surface area contributed by atoms with E-state index in [0.29, 0.717) is 21.4 Å². The molecule has 2 aromatic carbocycles. The van der Waals surface area contributed by atoms with Crippen molar-refractivity contribution in [2.75, 3.05) is 11.1 Å². The third-order valence-corrected chi connectivity index (χ3v) is 3.37. The standard InChI is InChI=1S/C14H12BrFN2O/c1-8-3-2-4-11(17)13(8)14(19)18-12-6-5-9(16)7-10(12)15/h2-7H,17H2,1H3,(H,18,19). The summed E-state index contributed by atoms with van der Waals surface area (Å²) in [7, 11) is 0. The summed E-state index contributed by atoms with van der Waals surface area (Å²) in [6, 6.07) is 9.33. The zero-order valence-corrected chi connectivity index (χ0v) is 11.8. The van der Waals surface area contributed by atoms with Gasteiger partial charge in [-0.05, 0) is 52.7 Å². The first-order chi connectivity index (χ1) is 8.99. The third kappa shape index (κ3) is 2.93. The molecule has 2 rings (SSSR count). The summed E-state index contributed by atoms with van der Waals surface area (Å²) in [6.07, 6.45) is 0. The molecule has 98 valence electrons. The number of hydrogen-bond acceptors (Lipinski definition) is 2. The summed E-state index contributed by atoms with van der Waals surface area (Å²) in [5.41, 5.74) is 7.93. The van der Waals surface area contributed by atoms with E-state index >= 15 is 0 Å². The molecule has 0 aliphatic rings. The van der Waals surface area contributed by atoms with Crippen molar-refractivity contribution in [3.8, 4) is 0 Å². The van der Waals surface area contributed by atoms with E-state index in [2.05, 4.69) is 21.2 Å². The van der Waals surface area contributed by atoms with Crippen LogP contribution in [0.3, 0.4) is 0 Å². The SMILES string of the molecule is Cc1cccc(N)c1C(=O)Nc1ccc(F)cc1Br. The van der Waals surface area contributed by atoms with Crippen molar-refractivity contribution in [3.05, 3.63) is 57.8 Å². The molecule has 0 bridgehead atoms. The number of amides is 1. The summed E-state index contributed by atoms with van der Waals surface area (Å²) < 4.78 is 13.5. The molecular formula is C14H12BrFN2O. The van der Waals surface area contributed by atoms with Crippen LogP contribution in [0, 0.1) is 12.7 Å². The monoisotopic (exact) mass is 322 g/mol. The van der Waals surface area contributed by atoms with Gasteiger partial charge in [-0.3, -0.25) is 4.79 Å². The highest BCUT2D eigenvalue weighted by Gasteiger charge is 2.14. The maximum absolute atomic E-state index is 13.0. The molecule has 0 aliphatic heterocycles. The Morgan fingerprint density at radius 1 is 1.32 bits per heavy atom. The number of nitrogen functional groups attached to an aromatic ring is 1. The van der Waals surface area contributed by atoms with Crippen LogP contribution in [0.5, 0.6) is 0 Å². The van der Waals surface area contributed by atoms with Crippen molar-refractivity contribution >= 4 is 33.2 Å². The van der Waals surface area contributed by atoms with E-state index < -0.39 is 0 Å². The maximum Gasteiger partial charge on any atom is 0.258 e. The molecule has 0 atom stereocenters. The van der Waals surface area contributed by atoms with Gasteiger partial charge in [-0.15, -0.1) is 0 Å². The molecular weight excluding hydrogens is 311 g/mol. The zero-order valence-electron chi connectivity index (χ0n) is 10.2. The normalized spacial score (nSPS) is 10.3. The van der Waals surface area contributed by atoms with Crippen molar-refractivity contribution in [1.82, 2.24) is 0 Å². The summed E-state index contributed by atoms with van der Waals surface area (Å²) in [5.74, 6) is -0.691. The minimum absolute atomic E-state index is 0.317. The predicted molar refractivity (Wildman–Crippen MR) is 77.6 cm³/mol. The van der Waals surface area contributed by atoms with Crippen LogP contribution in [-0.4, -0.2) is 5.91 Å². The fraction of sp³-hybridized carbons (Fsp3) is 0.0714. The van der Waals surface area contributed by atoms with Crippen LogP contribution >= 0.6 is 15.9 Å². The molecule has 0 saturated heterocycles. The lowest BCUT2D eigenvalue weighted by Crippen LogP contribution is -2.15. The summed E-state index contributed by atoms with van der Waals surface area (Å²) in [6.45, 7) is 1.81. The van der Waals surface area contributed by atoms with Gasteiger partial charge >= 0.3 is 0 Å². The van der Waals surface area contributed by atoms with Gasteiger partial charge in [0.2, 0.25) is 0 Å². The van der Waals surface area contributed by atoms with Gasteiger partial charge in [0.1, 0.15) is 5.82 Å². The van der Waals surface area contributed by atoms with Gasteiger partial charge in [0.05, 0.1) is 11.3 Å². The number of rotatable bonds is 2. The lowest BCUT2D eigenvalue weighted by atomic mass is 10.1. The molecule has 3 N–H and O–H groups in total. The van der Waals surface area contributed by atoms with Gasteiger partial charge in [-0.2, -0.15) is 0 Å². The van der Waals surface area contributed by atoms with Crippen LogP contribution < -0.4 is 11.1 Å². The number of aryl methyl sites for hydroxylation is 1. The summed E-state index contributed by atoms with van der Waals surface area (Å²) in [4.78, 5) is 12.2. The van der Waals surface area contributed by atoms with Crippen molar-refractivity contribution < 1.29 is 9.18 Å². The zero-order chi connectivity index (χ0) is 14.0. The molecule has 0 aromatic heterocycles. The van der Waals surface area contributed by atoms with Gasteiger partial charge in [-0.1, -0.05) is 12.1 Å². The van der Waals surface area contributed by atoms with Crippen LogP contribution in [-0.2, 0) is 0 Å². The Balaban J connectivity index is 2.31. The van der Waals surface area contributed by atoms with Crippen LogP contribution in [0.4, 0.5) is 15.8 Å². The largest absolute Gasteiger partial charge is 0.398 e. The second-order valence-corrected chi connectivity index (χ2v) is 4.97. The number of nitrogens with two attached hydrogens (primary N) is 1. The molecule has 0 aliphatic carbocycles. The summed E-state index contributed by atoms with van der Waals surface area (Å²) in [5, 5.41) is 2.70. The quantitative estimate of drug-likeness (QED) is 0.828. The Morgan fingerprint density at radius 2 is 2.05 bits per heavy atom. The highest BCUT2D eigenvalue weighted by atomic mass is 79.9. The molecule has 0 radical (unpaired) electrons. The highest BCUT2D eigenvalue weighted by molar-refractivity contribution is 9.10. The molecule has 0 unspecified atom stereocenters. The molecule has 2 aromatic rings. The predicted octanol–water partition coefficient (Wildman–Crippen LogP) is 3.73. The topological polar surface area (TPSA) is 55.1 Å². The third-order valence-electron chi connectivity index (χ3n) is 2.71. The number of benzene rings is 2. The number of carbonyl (C=O) groups excluding carboxylic acids is 1. The minimum Gasteiger partial charge on any atom is -0.398 e. The van der Waals surface area contributed by atoms with Gasteiger partial charge in [0, 0.05) is 10.2 Å². The highest BCUT2D eigenvalue weighted by Crippen LogP contribution is 2.25. The van der Waals surface area contributed by atoms with Gasteiger partial charge < -0.3 is 11.1 Å². The smallest absolute Gasteiger partial charge is 0.258 e. The number of halogens is 2. The van der Waals surface area contributed by atoms with Crippen molar-refractivity contribution in [2.45, 2.75) is 6.92 Å². The van der Waals surface area contributed by atoms with Crippen molar-refractivity contribution in [3.63, 3.8) is 0 Å². The molecule has 3 nitrogen and oxygen atoms in total. The second-order valence-electron chi connectivity index (χ2n) is 4.12. The Labute approximate surface area is 118 Å². The first-order valence-electron chi connectivity index (χ1n) is 5.60. The number of hydrogen-bond donors (Lipinski definition) is 2. The Hall–Kier alpha value is -1.88. The second kappa shape index (κ2) is 5.40. The Morgan fingerprint density at radius 3 is 2.68 bits per heavy atom. The molecule has 0 spiro atoms. The molecule has 19 heavy (non-hydrogen) atoms. The Bertz CT molecular complexity index is 623. The fourth-order valence-corrected chi connectivity index (χ4v) is 2.23. The average molecular weight is 323 g/mol. The lowest BCUT2D eigenvalue weighted by Gasteiger charge is -2.11. The van der Waals surface area contributed by atoms with E-state index in [9.17, 15) is 9.18 Å². The molecule has 0 fully saturated rings. The van der Waals surface area contributed by atoms with E-state index in [0.717, 1.165) is 5.56 Å². The van der Waals surface area contributed by atoms with Crippen molar-refractivity contribution in [1.29, 1.82) is 0 Å². The Kier molecular flexibility index (Phi) is 3.85.